The molecule has 0 radical (unpaired) electrons. The monoisotopic (exact) mass is 285 g/mol. The second-order valence-electron chi connectivity index (χ2n) is 6.31. The van der Waals surface area contributed by atoms with E-state index in [-0.39, 0.29) is 6.04 Å². The molecule has 4 heteroatoms. The van der Waals surface area contributed by atoms with E-state index >= 15 is 0 Å². The number of nitrogens with one attached hydrogen (secondary N) is 1. The lowest BCUT2D eigenvalue weighted by Crippen LogP contribution is -2.63. The number of likely N-dealkylation sites (N-methyl/N-ethyl adjacent to an activating group) is 1. The molecule has 2 aromatic rings. The highest BCUT2D eigenvalue weighted by molar-refractivity contribution is 5.81. The van der Waals surface area contributed by atoms with E-state index in [1.807, 2.05) is 7.05 Å². The number of fused-ring (bicyclic) bond motifs is 4. The highest BCUT2D eigenvalue weighted by atomic mass is 16.3. The van der Waals surface area contributed by atoms with Crippen LogP contribution in [0.1, 0.15) is 17.4 Å². The van der Waals surface area contributed by atoms with Crippen LogP contribution in [-0.4, -0.2) is 55.6 Å². The normalized spacial score (nSPS) is 29.9. The van der Waals surface area contributed by atoms with Crippen molar-refractivity contribution in [2.75, 3.05) is 39.8 Å². The summed E-state index contributed by atoms with van der Waals surface area (Å²) in [5.41, 5.74) is 2.24. The molecule has 112 valence electrons. The minimum Gasteiger partial charge on any atom is -0.459 e. The molecule has 0 amide bonds. The van der Waals surface area contributed by atoms with Crippen LogP contribution >= 0.6 is 0 Å². The second kappa shape index (κ2) is 5.13. The van der Waals surface area contributed by atoms with Crippen molar-refractivity contribution in [3.05, 3.63) is 35.6 Å². The van der Waals surface area contributed by atoms with E-state index in [0.29, 0.717) is 6.04 Å². The molecule has 1 N–H and O–H groups in total. The molecular formula is C17H23N3O. The zero-order valence-electron chi connectivity index (χ0n) is 12.8. The molecule has 4 nitrogen and oxygen atoms in total. The van der Waals surface area contributed by atoms with Crippen molar-refractivity contribution in [1.82, 2.24) is 15.1 Å². The number of hydrogen-bond acceptors (Lipinski definition) is 4. The number of furan rings is 1. The molecule has 21 heavy (non-hydrogen) atoms. The van der Waals surface area contributed by atoms with Crippen molar-refractivity contribution >= 4 is 11.0 Å². The van der Waals surface area contributed by atoms with Crippen molar-refractivity contribution in [3.8, 4) is 0 Å². The van der Waals surface area contributed by atoms with Crippen LogP contribution in [0.25, 0.3) is 11.0 Å². The first-order valence-corrected chi connectivity index (χ1v) is 7.89. The van der Waals surface area contributed by atoms with Crippen LogP contribution in [0.2, 0.25) is 0 Å². The highest BCUT2D eigenvalue weighted by Crippen LogP contribution is 2.31. The lowest BCUT2D eigenvalue weighted by Gasteiger charge is -2.49. The quantitative estimate of drug-likeness (QED) is 0.935. The fraction of sp³-hybridized carbons (Fsp3) is 0.529. The molecule has 3 aliphatic heterocycles. The Morgan fingerprint density at radius 2 is 2.05 bits per heavy atom. The summed E-state index contributed by atoms with van der Waals surface area (Å²) in [6.07, 6.45) is 0. The number of hydrogen-bond donors (Lipinski definition) is 1. The molecule has 4 heterocycles. The SMILES string of the molecule is CNC(c1cc2cccc(C)c2o1)C1CN2CCN1CC2. The number of para-hydroxylation sites is 1. The first-order chi connectivity index (χ1) is 10.3. The Hall–Kier alpha value is -1.36. The summed E-state index contributed by atoms with van der Waals surface area (Å²) in [7, 11) is 2.05. The summed E-state index contributed by atoms with van der Waals surface area (Å²) >= 11 is 0. The van der Waals surface area contributed by atoms with E-state index < -0.39 is 0 Å². The largest absolute Gasteiger partial charge is 0.459 e. The smallest absolute Gasteiger partial charge is 0.137 e. The van der Waals surface area contributed by atoms with Crippen molar-refractivity contribution in [2.45, 2.75) is 19.0 Å². The number of benzene rings is 1. The Morgan fingerprint density at radius 1 is 1.24 bits per heavy atom. The van der Waals surface area contributed by atoms with E-state index in [0.717, 1.165) is 17.9 Å². The molecule has 2 unspecified atom stereocenters. The maximum Gasteiger partial charge on any atom is 0.137 e. The van der Waals surface area contributed by atoms with Crippen LogP contribution in [0.5, 0.6) is 0 Å². The third kappa shape index (κ3) is 2.18. The van der Waals surface area contributed by atoms with Gasteiger partial charge in [-0.25, -0.2) is 0 Å². The summed E-state index contributed by atoms with van der Waals surface area (Å²) in [5.74, 6) is 1.07. The molecule has 0 aliphatic carbocycles. The van der Waals surface area contributed by atoms with Gasteiger partial charge in [-0.3, -0.25) is 9.80 Å². The van der Waals surface area contributed by atoms with E-state index in [1.165, 1.54) is 37.1 Å². The predicted molar refractivity (Wildman–Crippen MR) is 84.6 cm³/mol. The Balaban J connectivity index is 1.69. The number of aryl methyl sites for hydroxylation is 1. The van der Waals surface area contributed by atoms with Crippen LogP contribution in [0.15, 0.2) is 28.7 Å². The Morgan fingerprint density at radius 3 is 2.67 bits per heavy atom. The summed E-state index contributed by atoms with van der Waals surface area (Å²) in [6.45, 7) is 8.05. The maximum atomic E-state index is 6.21. The summed E-state index contributed by atoms with van der Waals surface area (Å²) < 4.78 is 6.21. The first kappa shape index (κ1) is 13.3. The lowest BCUT2D eigenvalue weighted by atomic mass is 9.98. The molecule has 3 fully saturated rings. The molecular weight excluding hydrogens is 262 g/mol. The van der Waals surface area contributed by atoms with E-state index in [1.54, 1.807) is 0 Å². The van der Waals surface area contributed by atoms with E-state index in [9.17, 15) is 0 Å². The van der Waals surface area contributed by atoms with Gasteiger partial charge in [0.05, 0.1) is 6.04 Å². The van der Waals surface area contributed by atoms with Gasteiger partial charge in [0.15, 0.2) is 0 Å². The zero-order valence-corrected chi connectivity index (χ0v) is 12.8. The molecule has 2 bridgehead atoms. The van der Waals surface area contributed by atoms with E-state index in [4.69, 9.17) is 4.42 Å². The average molecular weight is 285 g/mol. The lowest BCUT2D eigenvalue weighted by molar-refractivity contribution is -0.00545. The van der Waals surface area contributed by atoms with Gasteiger partial charge < -0.3 is 9.73 Å². The molecule has 1 aromatic carbocycles. The van der Waals surface area contributed by atoms with Gasteiger partial charge in [-0.1, -0.05) is 18.2 Å². The van der Waals surface area contributed by atoms with Crippen LogP contribution in [-0.2, 0) is 0 Å². The fourth-order valence-electron chi connectivity index (χ4n) is 3.88. The molecule has 5 rings (SSSR count). The minimum atomic E-state index is 0.264. The fourth-order valence-corrected chi connectivity index (χ4v) is 3.88. The van der Waals surface area contributed by atoms with Crippen LogP contribution in [0, 0.1) is 6.92 Å². The Kier molecular flexibility index (Phi) is 3.25. The van der Waals surface area contributed by atoms with Gasteiger partial charge in [-0.2, -0.15) is 0 Å². The van der Waals surface area contributed by atoms with Crippen molar-refractivity contribution in [3.63, 3.8) is 0 Å². The van der Waals surface area contributed by atoms with Gasteiger partial charge in [0, 0.05) is 44.2 Å². The van der Waals surface area contributed by atoms with Crippen molar-refractivity contribution in [1.29, 1.82) is 0 Å². The van der Waals surface area contributed by atoms with Gasteiger partial charge >= 0.3 is 0 Å². The minimum absolute atomic E-state index is 0.264. The number of nitrogens with zero attached hydrogens (tertiary/aromatic N) is 2. The van der Waals surface area contributed by atoms with Gasteiger partial charge in [0.25, 0.3) is 0 Å². The molecule has 3 saturated heterocycles. The van der Waals surface area contributed by atoms with Gasteiger partial charge in [-0.15, -0.1) is 0 Å². The van der Waals surface area contributed by atoms with E-state index in [2.05, 4.69) is 46.3 Å². The first-order valence-electron chi connectivity index (χ1n) is 7.89. The predicted octanol–water partition coefficient (Wildman–Crippen LogP) is 2.00. The third-order valence-corrected chi connectivity index (χ3v) is 5.08. The third-order valence-electron chi connectivity index (χ3n) is 5.08. The van der Waals surface area contributed by atoms with Crippen molar-refractivity contribution in [2.24, 2.45) is 0 Å². The molecule has 1 aromatic heterocycles. The summed E-state index contributed by atoms with van der Waals surface area (Å²) in [5, 5.41) is 4.70. The molecule has 0 saturated carbocycles. The topological polar surface area (TPSA) is 31.7 Å². The average Bonchev–Trinajstić information content (AvgIpc) is 2.95. The molecule has 3 aliphatic rings. The second-order valence-corrected chi connectivity index (χ2v) is 6.31. The standard InChI is InChI=1S/C17H23N3O/c1-12-4-3-5-13-10-15(21-17(12)13)16(18-2)14-11-19-6-8-20(14)9-7-19/h3-5,10,14,16,18H,6-9,11H2,1-2H3. The summed E-state index contributed by atoms with van der Waals surface area (Å²) in [6, 6.07) is 9.34. The zero-order chi connectivity index (χ0) is 14.4. The number of piperazine rings is 3. The van der Waals surface area contributed by atoms with Crippen LogP contribution in [0.3, 0.4) is 0 Å². The van der Waals surface area contributed by atoms with Crippen molar-refractivity contribution < 1.29 is 4.42 Å². The molecule has 2 atom stereocenters. The highest BCUT2D eigenvalue weighted by Gasteiger charge is 2.38. The summed E-state index contributed by atoms with van der Waals surface area (Å²) in [4.78, 5) is 5.18. The maximum absolute atomic E-state index is 6.21. The van der Waals surface area contributed by atoms with Crippen LogP contribution < -0.4 is 5.32 Å². The van der Waals surface area contributed by atoms with Gasteiger partial charge in [-0.05, 0) is 25.6 Å². The van der Waals surface area contributed by atoms with Gasteiger partial charge in [0.2, 0.25) is 0 Å². The molecule has 0 spiro atoms. The Bertz CT molecular complexity index is 643. The van der Waals surface area contributed by atoms with Gasteiger partial charge in [0.1, 0.15) is 11.3 Å². The Labute approximate surface area is 125 Å². The number of rotatable bonds is 3. The van der Waals surface area contributed by atoms with Crippen LogP contribution in [0.4, 0.5) is 0 Å².